The summed E-state index contributed by atoms with van der Waals surface area (Å²) >= 11 is 4.70. The second-order valence-electron chi connectivity index (χ2n) is 9.82. The number of thiophene rings is 3. The highest BCUT2D eigenvalue weighted by Gasteiger charge is 2.17. The molecule has 0 saturated carbocycles. The highest BCUT2D eigenvalue weighted by Crippen LogP contribution is 2.32. The standard InChI is InChI=1S/C34H40O2S3/c1-5-9-13-27-29(15-11-7-3)33(23-35)38-31(27)21-19-25-17-18-26(37-25)20-22-32-28(14-10-6-2)30(16-12-8-4)34(24-36)39-32/h17-18,23-24H,5-16H2,1-4H3. The van der Waals surface area contributed by atoms with Crippen molar-refractivity contribution < 1.29 is 9.59 Å². The minimum Gasteiger partial charge on any atom is -0.297 e. The average Bonchev–Trinajstić information content (AvgIpc) is 3.65. The predicted octanol–water partition coefficient (Wildman–Crippen LogP) is 9.67. The Hall–Kier alpha value is -2.44. The molecule has 3 aromatic rings. The molecule has 0 aliphatic rings. The molecule has 0 saturated heterocycles. The van der Waals surface area contributed by atoms with Crippen molar-refractivity contribution in [1.82, 2.24) is 0 Å². The fourth-order valence-electron chi connectivity index (χ4n) is 4.63. The van der Waals surface area contributed by atoms with E-state index in [-0.39, 0.29) is 0 Å². The van der Waals surface area contributed by atoms with E-state index in [0.717, 1.165) is 119 Å². The Bertz CT molecular complexity index is 1260. The molecule has 0 aliphatic carbocycles. The van der Waals surface area contributed by atoms with Crippen molar-refractivity contribution in [3.63, 3.8) is 0 Å². The summed E-state index contributed by atoms with van der Waals surface area (Å²) < 4.78 is 0. The fourth-order valence-corrected chi connectivity index (χ4v) is 7.48. The van der Waals surface area contributed by atoms with Crippen molar-refractivity contribution in [3.05, 3.63) is 63.6 Å². The van der Waals surface area contributed by atoms with E-state index >= 15 is 0 Å². The van der Waals surface area contributed by atoms with Crippen LogP contribution in [0.5, 0.6) is 0 Å². The number of aldehydes is 2. The van der Waals surface area contributed by atoms with Crippen LogP contribution < -0.4 is 0 Å². The molecule has 39 heavy (non-hydrogen) atoms. The predicted molar refractivity (Wildman–Crippen MR) is 170 cm³/mol. The molecule has 0 aliphatic heterocycles. The lowest BCUT2D eigenvalue weighted by Crippen LogP contribution is -1.95. The number of hydrogen-bond acceptors (Lipinski definition) is 5. The first kappa shape index (κ1) is 31.1. The highest BCUT2D eigenvalue weighted by molar-refractivity contribution is 7.15. The summed E-state index contributed by atoms with van der Waals surface area (Å²) in [5.74, 6) is 13.5. The molecular weight excluding hydrogens is 537 g/mol. The van der Waals surface area contributed by atoms with Crippen LogP contribution in [0.4, 0.5) is 0 Å². The lowest BCUT2D eigenvalue weighted by molar-refractivity contribution is 0.111. The molecule has 0 unspecified atom stereocenters. The topological polar surface area (TPSA) is 34.1 Å². The van der Waals surface area contributed by atoms with Crippen molar-refractivity contribution in [1.29, 1.82) is 0 Å². The molecule has 3 heterocycles. The third-order valence-corrected chi connectivity index (χ3v) is 9.98. The molecule has 206 valence electrons. The van der Waals surface area contributed by atoms with Crippen molar-refractivity contribution in [2.45, 2.75) is 105 Å². The zero-order valence-corrected chi connectivity index (χ0v) is 26.3. The number of carbonyl (C=O) groups is 2. The van der Waals surface area contributed by atoms with Gasteiger partial charge in [0.15, 0.2) is 12.6 Å². The van der Waals surface area contributed by atoms with Gasteiger partial charge in [0.05, 0.1) is 29.3 Å². The Kier molecular flexibility index (Phi) is 13.2. The van der Waals surface area contributed by atoms with Gasteiger partial charge in [0.25, 0.3) is 0 Å². The van der Waals surface area contributed by atoms with Gasteiger partial charge in [0.1, 0.15) is 0 Å². The first-order valence-corrected chi connectivity index (χ1v) is 16.9. The molecular formula is C34H40O2S3. The number of rotatable bonds is 14. The van der Waals surface area contributed by atoms with Crippen molar-refractivity contribution in [2.24, 2.45) is 0 Å². The molecule has 0 N–H and O–H groups in total. The normalized spacial score (nSPS) is 10.6. The summed E-state index contributed by atoms with van der Waals surface area (Å²) in [4.78, 5) is 29.3. The summed E-state index contributed by atoms with van der Waals surface area (Å²) in [7, 11) is 0. The van der Waals surface area contributed by atoms with Gasteiger partial charge in [-0.3, -0.25) is 9.59 Å². The molecule has 0 aromatic carbocycles. The van der Waals surface area contributed by atoms with Crippen LogP contribution in [0, 0.1) is 23.7 Å². The van der Waals surface area contributed by atoms with Crippen LogP contribution in [0.1, 0.15) is 140 Å². The Morgan fingerprint density at radius 1 is 0.538 bits per heavy atom. The molecule has 2 nitrogen and oxygen atoms in total. The van der Waals surface area contributed by atoms with Crippen LogP contribution in [0.25, 0.3) is 0 Å². The Morgan fingerprint density at radius 2 is 0.897 bits per heavy atom. The summed E-state index contributed by atoms with van der Waals surface area (Å²) in [6.45, 7) is 8.78. The minimum absolute atomic E-state index is 0.847. The van der Waals surface area contributed by atoms with E-state index in [9.17, 15) is 9.59 Å². The molecule has 0 radical (unpaired) electrons. The maximum Gasteiger partial charge on any atom is 0.160 e. The van der Waals surface area contributed by atoms with Gasteiger partial charge < -0.3 is 0 Å². The molecule has 3 aromatic heterocycles. The number of unbranched alkanes of at least 4 members (excludes halogenated alkanes) is 4. The first-order valence-electron chi connectivity index (χ1n) is 14.4. The Labute approximate surface area is 247 Å². The Morgan fingerprint density at radius 3 is 1.23 bits per heavy atom. The summed E-state index contributed by atoms with van der Waals surface area (Å²) in [5, 5.41) is 0. The maximum atomic E-state index is 11.8. The van der Waals surface area contributed by atoms with Crippen LogP contribution in [0.3, 0.4) is 0 Å². The zero-order valence-electron chi connectivity index (χ0n) is 23.8. The molecule has 0 fully saturated rings. The first-order chi connectivity index (χ1) is 19.1. The third-order valence-electron chi connectivity index (χ3n) is 6.84. The molecule has 5 heteroatoms. The summed E-state index contributed by atoms with van der Waals surface area (Å²) in [5.41, 5.74) is 5.00. The van der Waals surface area contributed by atoms with E-state index < -0.39 is 0 Å². The van der Waals surface area contributed by atoms with E-state index in [1.165, 1.54) is 22.3 Å². The van der Waals surface area contributed by atoms with Gasteiger partial charge in [0.2, 0.25) is 0 Å². The minimum atomic E-state index is 0.847. The maximum absolute atomic E-state index is 11.8. The van der Waals surface area contributed by atoms with Crippen molar-refractivity contribution >= 4 is 46.6 Å². The lowest BCUT2D eigenvalue weighted by atomic mass is 9.98. The Balaban J connectivity index is 1.89. The van der Waals surface area contributed by atoms with Gasteiger partial charge in [-0.15, -0.1) is 34.0 Å². The fraction of sp³-hybridized carbons (Fsp3) is 0.471. The highest BCUT2D eigenvalue weighted by atomic mass is 32.1. The largest absolute Gasteiger partial charge is 0.297 e. The second-order valence-corrected chi connectivity index (χ2v) is 13.0. The number of carbonyl (C=O) groups excluding carboxylic acids is 2. The molecule has 0 amide bonds. The van der Waals surface area contributed by atoms with Gasteiger partial charge in [-0.25, -0.2) is 0 Å². The van der Waals surface area contributed by atoms with Crippen LogP contribution in [0.15, 0.2) is 12.1 Å². The summed E-state index contributed by atoms with van der Waals surface area (Å²) in [6, 6.07) is 4.07. The number of hydrogen-bond donors (Lipinski definition) is 0. The van der Waals surface area contributed by atoms with E-state index in [0.29, 0.717) is 0 Å². The second kappa shape index (κ2) is 16.6. The quantitative estimate of drug-likeness (QED) is 0.141. The van der Waals surface area contributed by atoms with Gasteiger partial charge in [0, 0.05) is 0 Å². The van der Waals surface area contributed by atoms with Crippen molar-refractivity contribution in [2.75, 3.05) is 0 Å². The average molecular weight is 577 g/mol. The van der Waals surface area contributed by atoms with Crippen LogP contribution >= 0.6 is 34.0 Å². The van der Waals surface area contributed by atoms with Crippen LogP contribution in [-0.4, -0.2) is 12.6 Å². The van der Waals surface area contributed by atoms with Crippen LogP contribution in [0.2, 0.25) is 0 Å². The smallest absolute Gasteiger partial charge is 0.160 e. The molecule has 3 rings (SSSR count). The van der Waals surface area contributed by atoms with Gasteiger partial charge in [-0.2, -0.15) is 0 Å². The summed E-state index contributed by atoms with van der Waals surface area (Å²) in [6.07, 6.45) is 14.8. The van der Waals surface area contributed by atoms with E-state index in [2.05, 4.69) is 51.4 Å². The molecule has 0 atom stereocenters. The van der Waals surface area contributed by atoms with E-state index in [1.54, 1.807) is 34.0 Å². The van der Waals surface area contributed by atoms with E-state index in [4.69, 9.17) is 0 Å². The van der Waals surface area contributed by atoms with E-state index in [1.807, 2.05) is 12.1 Å². The van der Waals surface area contributed by atoms with Gasteiger partial charge in [-0.1, -0.05) is 53.4 Å². The zero-order chi connectivity index (χ0) is 28.0. The molecule has 0 bridgehead atoms. The molecule has 0 spiro atoms. The SMILES string of the molecule is CCCCc1c(C#Cc2ccc(C#Cc3sc(C=O)c(CCCC)c3CCCC)s2)sc(C=O)c1CCCC. The third kappa shape index (κ3) is 8.52. The van der Waals surface area contributed by atoms with Crippen LogP contribution in [-0.2, 0) is 25.7 Å². The monoisotopic (exact) mass is 576 g/mol. The lowest BCUT2D eigenvalue weighted by Gasteiger charge is -2.05. The van der Waals surface area contributed by atoms with Gasteiger partial charge >= 0.3 is 0 Å². The van der Waals surface area contributed by atoms with Gasteiger partial charge in [-0.05, 0) is 109 Å². The van der Waals surface area contributed by atoms with Crippen molar-refractivity contribution in [3.8, 4) is 23.7 Å².